The van der Waals surface area contributed by atoms with Gasteiger partial charge >= 0.3 is 0 Å². The van der Waals surface area contributed by atoms with Gasteiger partial charge in [-0.05, 0) is 32.0 Å². The highest BCUT2D eigenvalue weighted by atomic mass is 15.3. The molecule has 0 fully saturated rings. The van der Waals surface area contributed by atoms with Crippen molar-refractivity contribution < 1.29 is 0 Å². The zero-order chi connectivity index (χ0) is 15.3. The van der Waals surface area contributed by atoms with E-state index in [0.29, 0.717) is 6.04 Å². The van der Waals surface area contributed by atoms with Gasteiger partial charge in [0.25, 0.3) is 0 Å². The molecule has 0 unspecified atom stereocenters. The molecule has 22 heavy (non-hydrogen) atoms. The first-order chi connectivity index (χ1) is 10.6. The Morgan fingerprint density at radius 2 is 1.68 bits per heavy atom. The topological polar surface area (TPSA) is 11.4 Å². The molecule has 0 N–H and O–H groups in total. The van der Waals surface area contributed by atoms with Gasteiger partial charge in [-0.1, -0.05) is 24.3 Å². The third-order valence-electron chi connectivity index (χ3n) is 4.42. The van der Waals surface area contributed by atoms with Crippen molar-refractivity contribution in [3.05, 3.63) is 54.9 Å². The minimum absolute atomic E-state index is 0.439. The van der Waals surface area contributed by atoms with Crippen LogP contribution in [0.5, 0.6) is 0 Å². The van der Waals surface area contributed by atoms with E-state index in [4.69, 9.17) is 0 Å². The Bertz CT molecular complexity index is 873. The molecule has 1 aliphatic heterocycles. The van der Waals surface area contributed by atoms with Gasteiger partial charge in [0.2, 0.25) is 0 Å². The van der Waals surface area contributed by atoms with Gasteiger partial charge in [-0.2, -0.15) is 0 Å². The van der Waals surface area contributed by atoms with Crippen molar-refractivity contribution in [3.63, 3.8) is 0 Å². The van der Waals surface area contributed by atoms with Crippen LogP contribution in [0.15, 0.2) is 54.9 Å². The van der Waals surface area contributed by atoms with Crippen LogP contribution in [0.25, 0.3) is 21.8 Å². The highest BCUT2D eigenvalue weighted by Gasteiger charge is 2.16. The van der Waals surface area contributed by atoms with Crippen molar-refractivity contribution in [2.45, 2.75) is 19.9 Å². The first-order valence-corrected chi connectivity index (χ1v) is 7.83. The van der Waals surface area contributed by atoms with Crippen LogP contribution in [0.1, 0.15) is 19.9 Å². The summed E-state index contributed by atoms with van der Waals surface area (Å²) in [6.45, 7) is 5.41. The van der Waals surface area contributed by atoms with Crippen molar-refractivity contribution in [1.82, 2.24) is 9.47 Å². The van der Waals surface area contributed by atoms with E-state index in [1.165, 1.54) is 27.5 Å². The second kappa shape index (κ2) is 4.80. The third kappa shape index (κ3) is 1.89. The number of hydrogen-bond donors (Lipinski definition) is 0. The molecule has 0 spiro atoms. The molecule has 1 aromatic heterocycles. The fourth-order valence-corrected chi connectivity index (χ4v) is 3.42. The standard InChI is InChI=1S/C19H21N3/c1-14(2)22-18-7-5-4-6-16(18)17-9-8-15(12-19(17)22)21-11-10-20(3)13-21/h4-12,14H,13H2,1-3H3. The summed E-state index contributed by atoms with van der Waals surface area (Å²) in [4.78, 5) is 4.46. The van der Waals surface area contributed by atoms with E-state index in [1.54, 1.807) is 0 Å². The minimum Gasteiger partial charge on any atom is -0.361 e. The number of anilines is 1. The summed E-state index contributed by atoms with van der Waals surface area (Å²) in [7, 11) is 2.10. The molecule has 3 heteroatoms. The van der Waals surface area contributed by atoms with Crippen LogP contribution in [-0.2, 0) is 0 Å². The average Bonchev–Trinajstić information content (AvgIpc) is 3.07. The Labute approximate surface area is 131 Å². The van der Waals surface area contributed by atoms with Gasteiger partial charge in [-0.3, -0.25) is 0 Å². The summed E-state index contributed by atoms with van der Waals surface area (Å²) in [6, 6.07) is 15.9. The van der Waals surface area contributed by atoms with E-state index < -0.39 is 0 Å². The fraction of sp³-hybridized carbons (Fsp3) is 0.263. The molecule has 0 radical (unpaired) electrons. The van der Waals surface area contributed by atoms with Gasteiger partial charge in [-0.15, -0.1) is 0 Å². The maximum Gasteiger partial charge on any atom is 0.0938 e. The van der Waals surface area contributed by atoms with Crippen LogP contribution in [0.3, 0.4) is 0 Å². The zero-order valence-electron chi connectivity index (χ0n) is 13.3. The monoisotopic (exact) mass is 291 g/mol. The molecule has 112 valence electrons. The number of aromatic nitrogens is 1. The first kappa shape index (κ1) is 13.3. The van der Waals surface area contributed by atoms with Crippen molar-refractivity contribution in [3.8, 4) is 0 Å². The van der Waals surface area contributed by atoms with E-state index in [9.17, 15) is 0 Å². The van der Waals surface area contributed by atoms with Crippen LogP contribution >= 0.6 is 0 Å². The summed E-state index contributed by atoms with van der Waals surface area (Å²) >= 11 is 0. The van der Waals surface area contributed by atoms with Crippen molar-refractivity contribution in [2.75, 3.05) is 18.6 Å². The van der Waals surface area contributed by atoms with Crippen LogP contribution in [0.4, 0.5) is 5.69 Å². The lowest BCUT2D eigenvalue weighted by molar-refractivity contribution is 0.496. The normalized spacial score (nSPS) is 14.9. The predicted molar refractivity (Wildman–Crippen MR) is 94.1 cm³/mol. The number of fused-ring (bicyclic) bond motifs is 3. The molecule has 1 aliphatic rings. The second-order valence-corrected chi connectivity index (χ2v) is 6.35. The van der Waals surface area contributed by atoms with Crippen LogP contribution < -0.4 is 4.90 Å². The quantitative estimate of drug-likeness (QED) is 0.686. The van der Waals surface area contributed by atoms with Crippen LogP contribution in [0.2, 0.25) is 0 Å². The summed E-state index contributed by atoms with van der Waals surface area (Å²) < 4.78 is 2.44. The Balaban J connectivity index is 1.97. The average molecular weight is 291 g/mol. The zero-order valence-corrected chi connectivity index (χ0v) is 13.3. The smallest absolute Gasteiger partial charge is 0.0938 e. The molecule has 0 saturated heterocycles. The number of para-hydroxylation sites is 1. The second-order valence-electron chi connectivity index (χ2n) is 6.35. The molecule has 0 amide bonds. The van der Waals surface area contributed by atoms with Gasteiger partial charge in [0, 0.05) is 47.5 Å². The van der Waals surface area contributed by atoms with E-state index in [2.05, 4.69) is 90.1 Å². The summed E-state index contributed by atoms with van der Waals surface area (Å²) in [5.74, 6) is 0. The SMILES string of the molecule is CC(C)n1c2ccccc2c2ccc(N3C=CN(C)C3)cc21. The Hall–Kier alpha value is -2.42. The maximum absolute atomic E-state index is 2.44. The van der Waals surface area contributed by atoms with Gasteiger partial charge in [0.05, 0.1) is 12.2 Å². The number of hydrogen-bond acceptors (Lipinski definition) is 2. The molecule has 0 atom stereocenters. The molecule has 0 saturated carbocycles. The minimum atomic E-state index is 0.439. The van der Waals surface area contributed by atoms with E-state index in [-0.39, 0.29) is 0 Å². The molecular formula is C19H21N3. The molecule has 2 heterocycles. The molecule has 2 aromatic carbocycles. The molecular weight excluding hydrogens is 270 g/mol. The maximum atomic E-state index is 2.44. The molecule has 4 rings (SSSR count). The van der Waals surface area contributed by atoms with Gasteiger partial charge < -0.3 is 14.4 Å². The fourth-order valence-electron chi connectivity index (χ4n) is 3.42. The lowest BCUT2D eigenvalue weighted by Gasteiger charge is -2.19. The molecule has 0 aliphatic carbocycles. The summed E-state index contributed by atoms with van der Waals surface area (Å²) in [5.41, 5.74) is 3.88. The van der Waals surface area contributed by atoms with Crippen molar-refractivity contribution in [1.29, 1.82) is 0 Å². The Kier molecular flexibility index (Phi) is 2.89. The van der Waals surface area contributed by atoms with Crippen LogP contribution in [-0.4, -0.2) is 23.2 Å². The number of nitrogens with zero attached hydrogens (tertiary/aromatic N) is 3. The summed E-state index contributed by atoms with van der Waals surface area (Å²) in [6.07, 6.45) is 4.26. The van der Waals surface area contributed by atoms with Crippen LogP contribution in [0, 0.1) is 0 Å². The van der Waals surface area contributed by atoms with E-state index >= 15 is 0 Å². The first-order valence-electron chi connectivity index (χ1n) is 7.83. The third-order valence-corrected chi connectivity index (χ3v) is 4.42. The van der Waals surface area contributed by atoms with Crippen molar-refractivity contribution >= 4 is 27.5 Å². The lowest BCUT2D eigenvalue weighted by atomic mass is 10.1. The molecule has 3 nitrogen and oxygen atoms in total. The largest absolute Gasteiger partial charge is 0.361 e. The van der Waals surface area contributed by atoms with E-state index in [0.717, 1.165) is 6.67 Å². The predicted octanol–water partition coefficient (Wildman–Crippen LogP) is 4.56. The van der Waals surface area contributed by atoms with Gasteiger partial charge in [-0.25, -0.2) is 0 Å². The highest BCUT2D eigenvalue weighted by Crippen LogP contribution is 2.34. The molecule has 0 bridgehead atoms. The Morgan fingerprint density at radius 3 is 2.41 bits per heavy atom. The number of benzene rings is 2. The van der Waals surface area contributed by atoms with E-state index in [1.807, 2.05) is 0 Å². The summed E-state index contributed by atoms with van der Waals surface area (Å²) in [5, 5.41) is 2.68. The molecule has 3 aromatic rings. The number of rotatable bonds is 2. The lowest BCUT2D eigenvalue weighted by Crippen LogP contribution is -2.21. The van der Waals surface area contributed by atoms with Gasteiger partial charge in [0.15, 0.2) is 0 Å². The van der Waals surface area contributed by atoms with Crippen molar-refractivity contribution in [2.24, 2.45) is 0 Å². The Morgan fingerprint density at radius 1 is 0.909 bits per heavy atom. The highest BCUT2D eigenvalue weighted by molar-refractivity contribution is 6.09. The van der Waals surface area contributed by atoms with Gasteiger partial charge in [0.1, 0.15) is 0 Å².